The lowest BCUT2D eigenvalue weighted by Gasteiger charge is -2.12. The van der Waals surface area contributed by atoms with Crippen LogP contribution < -0.4 is 4.74 Å². The highest BCUT2D eigenvalue weighted by Gasteiger charge is 2.16. The van der Waals surface area contributed by atoms with E-state index in [1.54, 1.807) is 12.1 Å². The number of hydrogen-bond acceptors (Lipinski definition) is 2. The quantitative estimate of drug-likeness (QED) is 0.569. The topological polar surface area (TPSA) is 26.3 Å². The van der Waals surface area contributed by atoms with Crippen LogP contribution in [0.15, 0.2) is 36.9 Å². The molecule has 0 radical (unpaired) electrons. The van der Waals surface area contributed by atoms with Crippen molar-refractivity contribution in [3.05, 3.63) is 42.5 Å². The molecule has 0 spiro atoms. The van der Waals surface area contributed by atoms with Gasteiger partial charge in [0.05, 0.1) is 6.10 Å². The standard InChI is InChI=1S/C14H16O2/c1-2-14(15)11-7-9-13(10-8-11)16-12-5-3-4-6-12/h2,7-10,12H,1,3-6H2. The molecule has 0 heterocycles. The highest BCUT2D eigenvalue weighted by Crippen LogP contribution is 2.24. The van der Waals surface area contributed by atoms with Crippen LogP contribution in [0, 0.1) is 0 Å². The molecule has 2 rings (SSSR count). The fourth-order valence-electron chi connectivity index (χ4n) is 2.01. The minimum atomic E-state index is -0.0487. The van der Waals surface area contributed by atoms with Crippen molar-refractivity contribution in [1.29, 1.82) is 0 Å². The lowest BCUT2D eigenvalue weighted by atomic mass is 10.1. The second-order valence-electron chi connectivity index (χ2n) is 4.12. The Morgan fingerprint density at radius 2 is 1.88 bits per heavy atom. The summed E-state index contributed by atoms with van der Waals surface area (Å²) in [7, 11) is 0. The summed E-state index contributed by atoms with van der Waals surface area (Å²) in [6.07, 6.45) is 6.50. The number of benzene rings is 1. The number of rotatable bonds is 4. The third-order valence-electron chi connectivity index (χ3n) is 2.93. The van der Waals surface area contributed by atoms with Crippen molar-refractivity contribution in [3.63, 3.8) is 0 Å². The van der Waals surface area contributed by atoms with Gasteiger partial charge in [0.25, 0.3) is 0 Å². The SMILES string of the molecule is C=CC(=O)c1ccc(OC2CCCC2)cc1. The maximum absolute atomic E-state index is 11.3. The van der Waals surface area contributed by atoms with Crippen LogP contribution >= 0.6 is 0 Å². The van der Waals surface area contributed by atoms with Gasteiger partial charge in [0.2, 0.25) is 0 Å². The van der Waals surface area contributed by atoms with Crippen LogP contribution in [0.5, 0.6) is 5.75 Å². The second-order valence-corrected chi connectivity index (χ2v) is 4.12. The number of hydrogen-bond donors (Lipinski definition) is 0. The summed E-state index contributed by atoms with van der Waals surface area (Å²) in [5.74, 6) is 0.805. The Balaban J connectivity index is 2.01. The molecule has 1 saturated carbocycles. The molecule has 0 saturated heterocycles. The fraction of sp³-hybridized carbons (Fsp3) is 0.357. The number of ether oxygens (including phenoxy) is 1. The maximum atomic E-state index is 11.3. The predicted molar refractivity (Wildman–Crippen MR) is 63.9 cm³/mol. The highest BCUT2D eigenvalue weighted by atomic mass is 16.5. The molecule has 0 atom stereocenters. The van der Waals surface area contributed by atoms with E-state index < -0.39 is 0 Å². The molecule has 2 heteroatoms. The summed E-state index contributed by atoms with van der Waals surface area (Å²) in [4.78, 5) is 11.3. The molecule has 0 amide bonds. The van der Waals surface area contributed by atoms with Gasteiger partial charge < -0.3 is 4.74 Å². The predicted octanol–water partition coefficient (Wildman–Crippen LogP) is 3.38. The molecule has 16 heavy (non-hydrogen) atoms. The van der Waals surface area contributed by atoms with E-state index in [2.05, 4.69) is 6.58 Å². The minimum Gasteiger partial charge on any atom is -0.490 e. The zero-order chi connectivity index (χ0) is 11.4. The molecule has 84 valence electrons. The molecular weight excluding hydrogens is 200 g/mol. The first-order valence-corrected chi connectivity index (χ1v) is 5.73. The van der Waals surface area contributed by atoms with Crippen molar-refractivity contribution in [3.8, 4) is 5.75 Å². The lowest BCUT2D eigenvalue weighted by Crippen LogP contribution is -2.10. The van der Waals surface area contributed by atoms with Crippen LogP contribution in [0.1, 0.15) is 36.0 Å². The summed E-state index contributed by atoms with van der Waals surface area (Å²) in [5.41, 5.74) is 0.661. The molecule has 0 unspecified atom stereocenters. The summed E-state index contributed by atoms with van der Waals surface area (Å²) in [5, 5.41) is 0. The molecule has 0 aromatic heterocycles. The van der Waals surface area contributed by atoms with E-state index in [0.29, 0.717) is 11.7 Å². The van der Waals surface area contributed by atoms with Crippen LogP contribution in [0.25, 0.3) is 0 Å². The molecule has 2 nitrogen and oxygen atoms in total. The van der Waals surface area contributed by atoms with E-state index >= 15 is 0 Å². The zero-order valence-electron chi connectivity index (χ0n) is 9.32. The van der Waals surface area contributed by atoms with E-state index in [0.717, 1.165) is 18.6 Å². The Kier molecular flexibility index (Phi) is 3.40. The summed E-state index contributed by atoms with van der Waals surface area (Å²) >= 11 is 0. The van der Waals surface area contributed by atoms with Crippen LogP contribution in [0.3, 0.4) is 0 Å². The molecule has 0 bridgehead atoms. The third kappa shape index (κ3) is 2.51. The van der Waals surface area contributed by atoms with E-state index in [4.69, 9.17) is 4.74 Å². The Bertz CT molecular complexity index is 372. The number of carbonyl (C=O) groups is 1. The smallest absolute Gasteiger partial charge is 0.185 e. The normalized spacial score (nSPS) is 16.0. The van der Waals surface area contributed by atoms with Gasteiger partial charge in [-0.25, -0.2) is 0 Å². The molecule has 0 N–H and O–H groups in total. The van der Waals surface area contributed by atoms with Gasteiger partial charge >= 0.3 is 0 Å². The van der Waals surface area contributed by atoms with Gasteiger partial charge in [-0.1, -0.05) is 6.58 Å². The molecule has 0 aliphatic heterocycles. The van der Waals surface area contributed by atoms with E-state index in [1.165, 1.54) is 18.9 Å². The van der Waals surface area contributed by atoms with E-state index in [9.17, 15) is 4.79 Å². The highest BCUT2D eigenvalue weighted by molar-refractivity contribution is 6.04. The molecular formula is C14H16O2. The van der Waals surface area contributed by atoms with E-state index in [-0.39, 0.29) is 5.78 Å². The first-order chi connectivity index (χ1) is 7.79. The van der Waals surface area contributed by atoms with Gasteiger partial charge in [-0.2, -0.15) is 0 Å². The van der Waals surface area contributed by atoms with Crippen molar-refractivity contribution < 1.29 is 9.53 Å². The summed E-state index contributed by atoms with van der Waals surface area (Å²) in [6.45, 7) is 3.46. The van der Waals surface area contributed by atoms with Gasteiger partial charge in [0, 0.05) is 5.56 Å². The van der Waals surface area contributed by atoms with Crippen LogP contribution in [-0.4, -0.2) is 11.9 Å². The van der Waals surface area contributed by atoms with E-state index in [1.807, 2.05) is 12.1 Å². The van der Waals surface area contributed by atoms with Crippen molar-refractivity contribution in [2.24, 2.45) is 0 Å². The maximum Gasteiger partial charge on any atom is 0.185 e. The Labute approximate surface area is 95.9 Å². The fourth-order valence-corrected chi connectivity index (χ4v) is 2.01. The minimum absolute atomic E-state index is 0.0487. The first kappa shape index (κ1) is 10.9. The van der Waals surface area contributed by atoms with Gasteiger partial charge in [-0.05, 0) is 56.0 Å². The summed E-state index contributed by atoms with van der Waals surface area (Å²) < 4.78 is 5.81. The second kappa shape index (κ2) is 4.97. The first-order valence-electron chi connectivity index (χ1n) is 5.73. The van der Waals surface area contributed by atoms with Gasteiger partial charge in [-0.3, -0.25) is 4.79 Å². The van der Waals surface area contributed by atoms with Crippen molar-refractivity contribution in [2.45, 2.75) is 31.8 Å². The number of carbonyl (C=O) groups excluding carboxylic acids is 1. The molecule has 1 fully saturated rings. The van der Waals surface area contributed by atoms with Gasteiger partial charge in [-0.15, -0.1) is 0 Å². The zero-order valence-corrected chi connectivity index (χ0v) is 9.32. The van der Waals surface area contributed by atoms with Crippen molar-refractivity contribution in [2.75, 3.05) is 0 Å². The number of allylic oxidation sites excluding steroid dienone is 1. The average Bonchev–Trinajstić information content (AvgIpc) is 2.82. The van der Waals surface area contributed by atoms with Crippen LogP contribution in [0.2, 0.25) is 0 Å². The van der Waals surface area contributed by atoms with Gasteiger partial charge in [0.1, 0.15) is 5.75 Å². The van der Waals surface area contributed by atoms with Crippen LogP contribution in [0.4, 0.5) is 0 Å². The van der Waals surface area contributed by atoms with Crippen molar-refractivity contribution in [1.82, 2.24) is 0 Å². The Morgan fingerprint density at radius 3 is 2.44 bits per heavy atom. The van der Waals surface area contributed by atoms with Gasteiger partial charge in [0.15, 0.2) is 5.78 Å². The molecule has 1 aromatic carbocycles. The lowest BCUT2D eigenvalue weighted by molar-refractivity contribution is 0.104. The average molecular weight is 216 g/mol. The van der Waals surface area contributed by atoms with Crippen LogP contribution in [-0.2, 0) is 0 Å². The monoisotopic (exact) mass is 216 g/mol. The Hall–Kier alpha value is -1.57. The van der Waals surface area contributed by atoms with Crippen molar-refractivity contribution >= 4 is 5.78 Å². The number of ketones is 1. The third-order valence-corrected chi connectivity index (χ3v) is 2.93. The molecule has 1 aliphatic carbocycles. The summed E-state index contributed by atoms with van der Waals surface area (Å²) in [6, 6.07) is 7.28. The molecule has 1 aromatic rings. The largest absolute Gasteiger partial charge is 0.490 e. The Morgan fingerprint density at radius 1 is 1.25 bits per heavy atom. The molecule has 1 aliphatic rings.